The molecule has 0 unspecified atom stereocenters. The molecule has 0 saturated heterocycles. The molecule has 0 N–H and O–H groups in total. The van der Waals surface area contributed by atoms with Gasteiger partial charge in [-0.25, -0.2) is 4.98 Å². The molecule has 0 atom stereocenters. The maximum absolute atomic E-state index is 12.6. The van der Waals surface area contributed by atoms with Crippen LogP contribution in [0, 0.1) is 6.92 Å². The molecule has 0 bridgehead atoms. The summed E-state index contributed by atoms with van der Waals surface area (Å²) in [6.45, 7) is 2.49. The summed E-state index contributed by atoms with van der Waals surface area (Å²) in [5.41, 5.74) is 2.58. The zero-order chi connectivity index (χ0) is 15.1. The highest BCUT2D eigenvalue weighted by molar-refractivity contribution is 6.37. The van der Waals surface area contributed by atoms with Crippen molar-refractivity contribution >= 4 is 34.8 Å². The molecule has 110 valence electrons. The van der Waals surface area contributed by atoms with E-state index in [1.54, 1.807) is 18.0 Å². The van der Waals surface area contributed by atoms with E-state index in [9.17, 15) is 4.79 Å². The van der Waals surface area contributed by atoms with Gasteiger partial charge in [0.15, 0.2) is 0 Å². The van der Waals surface area contributed by atoms with Crippen LogP contribution in [0.25, 0.3) is 0 Å². The van der Waals surface area contributed by atoms with E-state index >= 15 is 0 Å². The van der Waals surface area contributed by atoms with Gasteiger partial charge >= 0.3 is 0 Å². The van der Waals surface area contributed by atoms with Crippen LogP contribution in [0.3, 0.4) is 0 Å². The van der Waals surface area contributed by atoms with Gasteiger partial charge in [0.1, 0.15) is 6.33 Å². The molecule has 5 nitrogen and oxygen atoms in total. The maximum atomic E-state index is 12.6. The van der Waals surface area contributed by atoms with E-state index in [4.69, 9.17) is 23.2 Å². The third-order valence-electron chi connectivity index (χ3n) is 3.66. The van der Waals surface area contributed by atoms with Crippen LogP contribution in [0.15, 0.2) is 12.4 Å². The lowest BCUT2D eigenvalue weighted by atomic mass is 9.99. The topological polar surface area (TPSA) is 51.0 Å². The minimum atomic E-state index is -0.229. The summed E-state index contributed by atoms with van der Waals surface area (Å²) in [5.74, 6) is -0.0503. The average molecular weight is 325 g/mol. The summed E-state index contributed by atoms with van der Waals surface area (Å²) < 4.78 is 1.51. The van der Waals surface area contributed by atoms with Gasteiger partial charge in [-0.1, -0.05) is 23.2 Å². The predicted molar refractivity (Wildman–Crippen MR) is 82.2 cm³/mol. The largest absolute Gasteiger partial charge is 0.305 e. The number of aromatic nitrogens is 3. The van der Waals surface area contributed by atoms with Gasteiger partial charge < -0.3 is 4.90 Å². The smallest absolute Gasteiger partial charge is 0.297 e. The minimum absolute atomic E-state index is 0.179. The molecule has 2 heterocycles. The Bertz CT molecular complexity index is 726. The second-order valence-corrected chi connectivity index (χ2v) is 5.88. The van der Waals surface area contributed by atoms with Gasteiger partial charge in [0.05, 0.1) is 10.7 Å². The van der Waals surface area contributed by atoms with Crippen LogP contribution in [-0.2, 0) is 13.5 Å². The van der Waals surface area contributed by atoms with Crippen molar-refractivity contribution in [3.05, 3.63) is 39.4 Å². The lowest BCUT2D eigenvalue weighted by Crippen LogP contribution is -2.36. The summed E-state index contributed by atoms with van der Waals surface area (Å²) in [6.07, 6.45) is 3.20. The summed E-state index contributed by atoms with van der Waals surface area (Å²) in [6, 6.07) is 1.80. The molecule has 2 aromatic rings. The quantitative estimate of drug-likeness (QED) is 0.810. The number of carbonyl (C=O) groups excluding carboxylic acids is 1. The summed E-state index contributed by atoms with van der Waals surface area (Å²) in [7, 11) is 1.73. The van der Waals surface area contributed by atoms with Crippen molar-refractivity contribution in [1.29, 1.82) is 0 Å². The van der Waals surface area contributed by atoms with E-state index in [2.05, 4.69) is 10.1 Å². The van der Waals surface area contributed by atoms with Gasteiger partial charge in [-0.2, -0.15) is 0 Å². The molecule has 0 aliphatic carbocycles. The highest BCUT2D eigenvalue weighted by Gasteiger charge is 2.28. The molecule has 0 saturated carbocycles. The monoisotopic (exact) mass is 324 g/mol. The first kappa shape index (κ1) is 14.4. The van der Waals surface area contributed by atoms with Crippen molar-refractivity contribution < 1.29 is 4.79 Å². The Hall–Kier alpha value is -1.59. The van der Waals surface area contributed by atoms with E-state index in [0.29, 0.717) is 16.6 Å². The molecule has 3 rings (SSSR count). The molecule has 21 heavy (non-hydrogen) atoms. The normalized spacial score (nSPS) is 14.2. The second kappa shape index (κ2) is 5.31. The molecule has 1 aliphatic rings. The zero-order valence-corrected chi connectivity index (χ0v) is 13.2. The van der Waals surface area contributed by atoms with Gasteiger partial charge in [0.2, 0.25) is 5.82 Å². The number of nitrogens with zero attached hydrogens (tertiary/aromatic N) is 4. The number of halogens is 2. The molecule has 0 fully saturated rings. The Kier molecular flexibility index (Phi) is 3.63. The first-order chi connectivity index (χ1) is 9.99. The van der Waals surface area contributed by atoms with Crippen LogP contribution in [0.5, 0.6) is 0 Å². The van der Waals surface area contributed by atoms with Crippen molar-refractivity contribution in [3.8, 4) is 0 Å². The molecule has 1 aromatic heterocycles. The van der Waals surface area contributed by atoms with Crippen molar-refractivity contribution in [2.75, 3.05) is 11.4 Å². The van der Waals surface area contributed by atoms with Crippen LogP contribution >= 0.6 is 23.2 Å². The molecular formula is C14H14Cl2N4O. The molecule has 1 aromatic carbocycles. The third-order valence-corrected chi connectivity index (χ3v) is 4.56. The van der Waals surface area contributed by atoms with Crippen LogP contribution in [-0.4, -0.2) is 27.2 Å². The van der Waals surface area contributed by atoms with Crippen LogP contribution < -0.4 is 4.90 Å². The van der Waals surface area contributed by atoms with E-state index in [1.807, 2.05) is 6.92 Å². The highest BCUT2D eigenvalue weighted by atomic mass is 35.5. The van der Waals surface area contributed by atoms with Crippen molar-refractivity contribution in [2.45, 2.75) is 19.8 Å². The van der Waals surface area contributed by atoms with Crippen LogP contribution in [0.1, 0.15) is 28.2 Å². The SMILES string of the molecule is Cc1c(Cl)cc2c(c1Cl)CCCN2C(=O)c1ncn(C)n1. The Morgan fingerprint density at radius 3 is 2.81 bits per heavy atom. The third kappa shape index (κ3) is 2.40. The van der Waals surface area contributed by atoms with E-state index < -0.39 is 0 Å². The number of rotatable bonds is 1. The molecule has 7 heteroatoms. The Morgan fingerprint density at radius 1 is 1.38 bits per heavy atom. The fraction of sp³-hybridized carbons (Fsp3) is 0.357. The number of aryl methyl sites for hydroxylation is 1. The van der Waals surface area contributed by atoms with E-state index in [0.717, 1.165) is 29.7 Å². The molecule has 1 amide bonds. The summed E-state index contributed by atoms with van der Waals surface area (Å²) in [4.78, 5) is 18.3. The van der Waals surface area contributed by atoms with Gasteiger partial charge in [-0.05, 0) is 37.0 Å². The van der Waals surface area contributed by atoms with E-state index in [-0.39, 0.29) is 11.7 Å². The summed E-state index contributed by atoms with van der Waals surface area (Å²) in [5, 5.41) is 5.27. The number of carbonyl (C=O) groups is 1. The number of fused-ring (bicyclic) bond motifs is 1. The second-order valence-electron chi connectivity index (χ2n) is 5.10. The first-order valence-corrected chi connectivity index (χ1v) is 7.39. The van der Waals surface area contributed by atoms with Gasteiger partial charge in [0.25, 0.3) is 5.91 Å². The number of anilines is 1. The molecular weight excluding hydrogens is 311 g/mol. The van der Waals surface area contributed by atoms with Crippen molar-refractivity contribution in [1.82, 2.24) is 14.8 Å². The van der Waals surface area contributed by atoms with E-state index in [1.165, 1.54) is 11.0 Å². The number of benzene rings is 1. The minimum Gasteiger partial charge on any atom is -0.305 e. The lowest BCUT2D eigenvalue weighted by molar-refractivity contribution is 0.0975. The number of amides is 1. The lowest BCUT2D eigenvalue weighted by Gasteiger charge is -2.30. The Balaban J connectivity index is 2.07. The highest BCUT2D eigenvalue weighted by Crippen LogP contribution is 2.39. The zero-order valence-electron chi connectivity index (χ0n) is 11.7. The molecule has 1 aliphatic heterocycles. The molecule has 0 radical (unpaired) electrons. The Labute approximate surface area is 132 Å². The average Bonchev–Trinajstić information content (AvgIpc) is 2.90. The van der Waals surface area contributed by atoms with Crippen LogP contribution in [0.4, 0.5) is 5.69 Å². The molecule has 0 spiro atoms. The maximum Gasteiger partial charge on any atom is 0.297 e. The van der Waals surface area contributed by atoms with Gasteiger partial charge in [0, 0.05) is 18.6 Å². The first-order valence-electron chi connectivity index (χ1n) is 6.64. The van der Waals surface area contributed by atoms with Crippen molar-refractivity contribution in [2.24, 2.45) is 7.05 Å². The van der Waals surface area contributed by atoms with Gasteiger partial charge in [-0.15, -0.1) is 5.10 Å². The number of hydrogen-bond donors (Lipinski definition) is 0. The fourth-order valence-corrected chi connectivity index (χ4v) is 3.08. The number of hydrogen-bond acceptors (Lipinski definition) is 3. The fourth-order valence-electron chi connectivity index (χ4n) is 2.54. The van der Waals surface area contributed by atoms with Gasteiger partial charge in [-0.3, -0.25) is 9.48 Å². The van der Waals surface area contributed by atoms with Crippen molar-refractivity contribution in [3.63, 3.8) is 0 Å². The summed E-state index contributed by atoms with van der Waals surface area (Å²) >= 11 is 12.6. The standard InChI is InChI=1S/C14H14Cl2N4O/c1-8-10(15)6-11-9(12(8)16)4-3-5-20(11)14(21)13-17-7-19(2)18-13/h6-7H,3-5H2,1-2H3. The van der Waals surface area contributed by atoms with Crippen LogP contribution in [0.2, 0.25) is 10.0 Å². The predicted octanol–water partition coefficient (Wildman–Crippen LogP) is 3.02. The Morgan fingerprint density at radius 2 is 2.14 bits per heavy atom.